The van der Waals surface area contributed by atoms with Gasteiger partial charge in [0.25, 0.3) is 0 Å². The van der Waals surface area contributed by atoms with Crippen LogP contribution in [0.3, 0.4) is 0 Å². The van der Waals surface area contributed by atoms with Gasteiger partial charge >= 0.3 is 0 Å². The third kappa shape index (κ3) is 5.51. The summed E-state index contributed by atoms with van der Waals surface area (Å²) in [6, 6.07) is 27.6. The van der Waals surface area contributed by atoms with Crippen molar-refractivity contribution in [2.75, 3.05) is 38.5 Å². The van der Waals surface area contributed by atoms with Crippen LogP contribution in [0.5, 0.6) is 0 Å². The Morgan fingerprint density at radius 3 is 1.88 bits per heavy atom. The van der Waals surface area contributed by atoms with Crippen molar-refractivity contribution in [3.8, 4) is 0 Å². The van der Waals surface area contributed by atoms with Gasteiger partial charge in [-0.05, 0) is 17.7 Å². The Morgan fingerprint density at radius 2 is 1.28 bits per heavy atom. The van der Waals surface area contributed by atoms with Crippen molar-refractivity contribution >= 4 is 15.6 Å². The van der Waals surface area contributed by atoms with Gasteiger partial charge in [-0.1, -0.05) is 78.9 Å². The Balaban J connectivity index is 1.46. The van der Waals surface area contributed by atoms with E-state index < -0.39 is 9.84 Å². The van der Waals surface area contributed by atoms with Crippen molar-refractivity contribution in [3.63, 3.8) is 0 Å². The summed E-state index contributed by atoms with van der Waals surface area (Å²) in [7, 11) is -3.43. The summed E-state index contributed by atoms with van der Waals surface area (Å²) in [5.41, 5.74) is 1.73. The number of nitrogens with zero attached hydrogens (tertiary/aromatic N) is 2. The van der Waals surface area contributed by atoms with E-state index in [1.54, 1.807) is 24.3 Å². The van der Waals surface area contributed by atoms with Gasteiger partial charge in [-0.25, -0.2) is 8.42 Å². The van der Waals surface area contributed by atoms with Crippen molar-refractivity contribution in [2.45, 2.75) is 10.9 Å². The first-order chi connectivity index (χ1) is 15.5. The Kier molecular flexibility index (Phi) is 7.15. The molecule has 32 heavy (non-hydrogen) atoms. The third-order valence-corrected chi connectivity index (χ3v) is 7.72. The Hall–Kier alpha value is -2.80. The second-order valence-corrected chi connectivity index (χ2v) is 10.2. The SMILES string of the molecule is O=C(CN1CCN(C(CS(=O)(=O)c2ccccc2)c2ccccc2)CC1)c1ccccc1. The number of hydrogen-bond acceptors (Lipinski definition) is 5. The molecule has 0 bridgehead atoms. The van der Waals surface area contributed by atoms with Crippen LogP contribution in [0.4, 0.5) is 0 Å². The first kappa shape index (κ1) is 22.4. The first-order valence-corrected chi connectivity index (χ1v) is 12.6. The van der Waals surface area contributed by atoms with Gasteiger partial charge in [0.05, 0.1) is 17.2 Å². The average molecular weight is 449 g/mol. The maximum absolute atomic E-state index is 13.1. The molecule has 1 aliphatic heterocycles. The zero-order valence-electron chi connectivity index (χ0n) is 18.0. The van der Waals surface area contributed by atoms with Gasteiger partial charge in [0, 0.05) is 37.8 Å². The second kappa shape index (κ2) is 10.2. The lowest BCUT2D eigenvalue weighted by molar-refractivity contribution is 0.0792. The van der Waals surface area contributed by atoms with E-state index in [0.29, 0.717) is 24.5 Å². The summed E-state index contributed by atoms with van der Waals surface area (Å²) in [6.07, 6.45) is 0. The van der Waals surface area contributed by atoms with E-state index in [4.69, 9.17) is 0 Å². The predicted molar refractivity (Wildman–Crippen MR) is 126 cm³/mol. The molecule has 0 aliphatic carbocycles. The smallest absolute Gasteiger partial charge is 0.180 e. The van der Waals surface area contributed by atoms with Gasteiger partial charge in [0.1, 0.15) is 0 Å². The van der Waals surface area contributed by atoms with E-state index in [9.17, 15) is 13.2 Å². The van der Waals surface area contributed by atoms with Crippen molar-refractivity contribution < 1.29 is 13.2 Å². The van der Waals surface area contributed by atoms with Crippen LogP contribution < -0.4 is 0 Å². The lowest BCUT2D eigenvalue weighted by atomic mass is 10.1. The Bertz CT molecular complexity index is 1110. The minimum absolute atomic E-state index is 0.0317. The molecule has 1 aliphatic rings. The fraction of sp³-hybridized carbons (Fsp3) is 0.269. The predicted octanol–water partition coefficient (Wildman–Crippen LogP) is 3.70. The molecule has 0 saturated carbocycles. The van der Waals surface area contributed by atoms with Crippen LogP contribution in [0.2, 0.25) is 0 Å². The average Bonchev–Trinajstić information content (AvgIpc) is 2.85. The molecule has 166 valence electrons. The van der Waals surface area contributed by atoms with Crippen molar-refractivity contribution in [1.82, 2.24) is 9.80 Å². The molecule has 1 heterocycles. The van der Waals surface area contributed by atoms with Crippen LogP contribution >= 0.6 is 0 Å². The minimum Gasteiger partial charge on any atom is -0.293 e. The lowest BCUT2D eigenvalue weighted by Crippen LogP contribution is -2.50. The molecular formula is C26H28N2O3S. The highest BCUT2D eigenvalue weighted by atomic mass is 32.2. The van der Waals surface area contributed by atoms with Gasteiger partial charge in [-0.2, -0.15) is 0 Å². The third-order valence-electron chi connectivity index (χ3n) is 5.97. The number of piperazine rings is 1. The highest BCUT2D eigenvalue weighted by Gasteiger charge is 2.30. The number of rotatable bonds is 8. The van der Waals surface area contributed by atoms with Gasteiger partial charge in [-0.15, -0.1) is 0 Å². The number of Topliss-reactive ketones (excluding diaryl/α,β-unsaturated/α-hetero) is 1. The first-order valence-electron chi connectivity index (χ1n) is 10.9. The maximum Gasteiger partial charge on any atom is 0.180 e. The topological polar surface area (TPSA) is 57.7 Å². The molecule has 0 N–H and O–H groups in total. The molecule has 0 aromatic heterocycles. The second-order valence-electron chi connectivity index (χ2n) is 8.12. The fourth-order valence-electron chi connectivity index (χ4n) is 4.17. The van der Waals surface area contributed by atoms with E-state index in [1.807, 2.05) is 66.7 Å². The van der Waals surface area contributed by atoms with Crippen molar-refractivity contribution in [1.29, 1.82) is 0 Å². The monoisotopic (exact) mass is 448 g/mol. The molecule has 1 atom stereocenters. The zero-order valence-corrected chi connectivity index (χ0v) is 18.8. The Labute approximate surface area is 190 Å². The summed E-state index contributed by atoms with van der Waals surface area (Å²) < 4.78 is 26.3. The van der Waals surface area contributed by atoms with E-state index in [1.165, 1.54) is 0 Å². The molecule has 6 heteroatoms. The molecule has 0 radical (unpaired) electrons. The van der Waals surface area contributed by atoms with Crippen LogP contribution in [-0.2, 0) is 9.84 Å². The molecule has 4 rings (SSSR count). The van der Waals surface area contributed by atoms with Gasteiger partial charge in [0.2, 0.25) is 0 Å². The highest BCUT2D eigenvalue weighted by Crippen LogP contribution is 2.26. The molecule has 5 nitrogen and oxygen atoms in total. The fourth-order valence-corrected chi connectivity index (χ4v) is 5.75. The van der Waals surface area contributed by atoms with Crippen LogP contribution in [0.15, 0.2) is 95.9 Å². The van der Waals surface area contributed by atoms with Crippen LogP contribution in [-0.4, -0.2) is 62.5 Å². The number of carbonyl (C=O) groups excluding carboxylic acids is 1. The van der Waals surface area contributed by atoms with Gasteiger partial charge < -0.3 is 0 Å². The van der Waals surface area contributed by atoms with E-state index in [0.717, 1.165) is 24.2 Å². The number of sulfone groups is 1. The summed E-state index contributed by atoms with van der Waals surface area (Å²) >= 11 is 0. The van der Waals surface area contributed by atoms with Crippen molar-refractivity contribution in [3.05, 3.63) is 102 Å². The number of ketones is 1. The molecule has 1 unspecified atom stereocenters. The molecule has 0 spiro atoms. The normalized spacial score (nSPS) is 16.5. The van der Waals surface area contributed by atoms with E-state index in [-0.39, 0.29) is 17.6 Å². The van der Waals surface area contributed by atoms with Crippen LogP contribution in [0.1, 0.15) is 22.0 Å². The maximum atomic E-state index is 13.1. The highest BCUT2D eigenvalue weighted by molar-refractivity contribution is 7.91. The summed E-state index contributed by atoms with van der Waals surface area (Å²) in [5, 5.41) is 0. The summed E-state index contributed by atoms with van der Waals surface area (Å²) in [5.74, 6) is 0.148. The van der Waals surface area contributed by atoms with Gasteiger partial charge in [0.15, 0.2) is 15.6 Å². The molecular weight excluding hydrogens is 420 g/mol. The minimum atomic E-state index is -3.43. The van der Waals surface area contributed by atoms with E-state index in [2.05, 4.69) is 9.80 Å². The standard InChI is InChI=1S/C26H28N2O3S/c29-26(23-12-6-2-7-13-23)20-27-16-18-28(19-17-27)25(22-10-4-1-5-11-22)21-32(30,31)24-14-8-3-9-15-24/h1-15,25H,16-21H2. The molecule has 1 saturated heterocycles. The molecule has 3 aromatic rings. The molecule has 3 aromatic carbocycles. The summed E-state index contributed by atoms with van der Waals surface area (Å²) in [4.78, 5) is 17.3. The van der Waals surface area contributed by atoms with Gasteiger partial charge in [-0.3, -0.25) is 14.6 Å². The van der Waals surface area contributed by atoms with E-state index >= 15 is 0 Å². The largest absolute Gasteiger partial charge is 0.293 e. The van der Waals surface area contributed by atoms with Crippen LogP contribution in [0.25, 0.3) is 0 Å². The number of benzene rings is 3. The lowest BCUT2D eigenvalue weighted by Gasteiger charge is -2.39. The quantitative estimate of drug-likeness (QED) is 0.492. The van der Waals surface area contributed by atoms with Crippen molar-refractivity contribution in [2.24, 2.45) is 0 Å². The van der Waals surface area contributed by atoms with Crippen LogP contribution in [0, 0.1) is 0 Å². The number of carbonyl (C=O) groups is 1. The summed E-state index contributed by atoms with van der Waals surface area (Å²) in [6.45, 7) is 3.27. The number of hydrogen-bond donors (Lipinski definition) is 0. The molecule has 0 amide bonds. The molecule has 1 fully saturated rings. The Morgan fingerprint density at radius 1 is 0.750 bits per heavy atom. The zero-order chi connectivity index (χ0) is 22.4.